The molecular weight excluding hydrogens is 296 g/mol. The summed E-state index contributed by atoms with van der Waals surface area (Å²) in [5.41, 5.74) is 6.03. The van der Waals surface area contributed by atoms with Crippen LogP contribution in [0, 0.1) is 0 Å². The number of amides is 1. The Labute approximate surface area is 124 Å². The average molecular weight is 316 g/mol. The molecule has 0 saturated heterocycles. The molecule has 0 aliphatic heterocycles. The van der Waals surface area contributed by atoms with Gasteiger partial charge in [-0.05, 0) is 24.6 Å². The number of carbonyl (C=O) groups excluding carboxylic acids is 1. The van der Waals surface area contributed by atoms with Crippen LogP contribution in [0.1, 0.15) is 16.8 Å². The number of hydrogen-bond donors (Lipinski definition) is 3. The minimum Gasteiger partial charge on any atom is -0.399 e. The second kappa shape index (κ2) is 7.96. The van der Waals surface area contributed by atoms with Crippen LogP contribution in [0.3, 0.4) is 0 Å². The molecule has 0 aliphatic rings. The molecule has 0 radical (unpaired) electrons. The van der Waals surface area contributed by atoms with Crippen LogP contribution < -0.4 is 11.1 Å². The van der Waals surface area contributed by atoms with Crippen molar-refractivity contribution in [3.8, 4) is 0 Å². The summed E-state index contributed by atoms with van der Waals surface area (Å²) < 4.78 is 28.0. The van der Waals surface area contributed by atoms with E-state index in [0.29, 0.717) is 19.6 Å². The highest BCUT2D eigenvalue weighted by Gasteiger charge is 2.13. The summed E-state index contributed by atoms with van der Waals surface area (Å²) in [7, 11) is -3.42. The van der Waals surface area contributed by atoms with E-state index in [1.807, 2.05) is 0 Å². The smallest absolute Gasteiger partial charge is 0.251 e. The predicted molar refractivity (Wildman–Crippen MR) is 78.8 cm³/mol. The Morgan fingerprint density at radius 1 is 1.33 bits per heavy atom. The van der Waals surface area contributed by atoms with Crippen LogP contribution in [0.15, 0.2) is 23.1 Å². The Hall–Kier alpha value is -1.64. The molecule has 0 heterocycles. The maximum atomic E-state index is 11.9. The van der Waals surface area contributed by atoms with Crippen molar-refractivity contribution in [1.82, 2.24) is 5.32 Å². The zero-order valence-corrected chi connectivity index (χ0v) is 12.6. The first-order valence-corrected chi connectivity index (χ1v) is 8.31. The second-order valence-electron chi connectivity index (χ2n) is 4.51. The van der Waals surface area contributed by atoms with Crippen molar-refractivity contribution in [3.05, 3.63) is 23.8 Å². The number of carbonyl (C=O) groups is 1. The van der Waals surface area contributed by atoms with E-state index in [1.54, 1.807) is 0 Å². The van der Waals surface area contributed by atoms with E-state index >= 15 is 0 Å². The molecule has 1 aromatic carbocycles. The fraction of sp³-hybridized carbons (Fsp3) is 0.462. The van der Waals surface area contributed by atoms with Gasteiger partial charge in [-0.25, -0.2) is 8.42 Å². The molecule has 0 atom stereocenters. The summed E-state index contributed by atoms with van der Waals surface area (Å²) >= 11 is 0. The van der Waals surface area contributed by atoms with Crippen molar-refractivity contribution < 1.29 is 23.1 Å². The van der Waals surface area contributed by atoms with Gasteiger partial charge < -0.3 is 20.9 Å². The van der Waals surface area contributed by atoms with Crippen molar-refractivity contribution in [2.24, 2.45) is 0 Å². The number of benzene rings is 1. The molecule has 1 aromatic rings. The third-order valence-corrected chi connectivity index (χ3v) is 3.70. The number of nitrogens with one attached hydrogen (secondary N) is 1. The molecule has 0 saturated carbocycles. The Kier molecular flexibility index (Phi) is 6.60. The summed E-state index contributed by atoms with van der Waals surface area (Å²) in [6.07, 6.45) is 1.65. The van der Waals surface area contributed by atoms with Crippen LogP contribution >= 0.6 is 0 Å². The van der Waals surface area contributed by atoms with Gasteiger partial charge in [0.1, 0.15) is 0 Å². The molecule has 118 valence electrons. The van der Waals surface area contributed by atoms with Gasteiger partial charge in [0.05, 0.1) is 18.1 Å². The lowest BCUT2D eigenvalue weighted by atomic mass is 10.2. The summed E-state index contributed by atoms with van der Waals surface area (Å²) in [4.78, 5) is 11.9. The molecule has 0 fully saturated rings. The van der Waals surface area contributed by atoms with Crippen LogP contribution in [0.2, 0.25) is 0 Å². The molecule has 0 aromatic heterocycles. The number of aliphatic hydroxyl groups is 1. The first-order chi connectivity index (χ1) is 9.84. The van der Waals surface area contributed by atoms with Gasteiger partial charge in [-0.3, -0.25) is 4.79 Å². The zero-order valence-electron chi connectivity index (χ0n) is 11.8. The van der Waals surface area contributed by atoms with Gasteiger partial charge in [0.2, 0.25) is 0 Å². The number of rotatable bonds is 8. The van der Waals surface area contributed by atoms with E-state index in [1.165, 1.54) is 18.2 Å². The highest BCUT2D eigenvalue weighted by atomic mass is 32.2. The molecule has 4 N–H and O–H groups in total. The fourth-order valence-electron chi connectivity index (χ4n) is 1.61. The lowest BCUT2D eigenvalue weighted by Gasteiger charge is -2.08. The van der Waals surface area contributed by atoms with E-state index in [4.69, 9.17) is 15.6 Å². The van der Waals surface area contributed by atoms with Crippen LogP contribution in [0.4, 0.5) is 5.69 Å². The monoisotopic (exact) mass is 316 g/mol. The molecule has 0 aliphatic carbocycles. The summed E-state index contributed by atoms with van der Waals surface area (Å²) in [6.45, 7) is 1.03. The Bertz CT molecular complexity index is 586. The van der Waals surface area contributed by atoms with Crippen LogP contribution in [0.25, 0.3) is 0 Å². The second-order valence-corrected chi connectivity index (χ2v) is 6.52. The number of sulfone groups is 1. The standard InChI is InChI=1S/C13H20N2O5S/c1-21(18,19)12-8-10(7-11(14)9-12)13(17)15-3-2-5-20-6-4-16/h7-9,16H,2-6,14H2,1H3,(H,15,17). The van der Waals surface area contributed by atoms with Gasteiger partial charge in [-0.15, -0.1) is 0 Å². The predicted octanol–water partition coefficient (Wildman–Crippen LogP) is -0.199. The molecule has 0 spiro atoms. The Morgan fingerprint density at radius 3 is 2.67 bits per heavy atom. The molecule has 0 unspecified atom stereocenters. The molecule has 8 heteroatoms. The highest BCUT2D eigenvalue weighted by molar-refractivity contribution is 7.90. The van der Waals surface area contributed by atoms with E-state index < -0.39 is 15.7 Å². The van der Waals surface area contributed by atoms with Gasteiger partial charge in [-0.1, -0.05) is 0 Å². The van der Waals surface area contributed by atoms with Gasteiger partial charge in [0.25, 0.3) is 5.91 Å². The number of hydrogen-bond acceptors (Lipinski definition) is 6. The molecule has 1 amide bonds. The average Bonchev–Trinajstić information content (AvgIpc) is 2.40. The summed E-state index contributed by atoms with van der Waals surface area (Å²) in [5, 5.41) is 11.2. The fourth-order valence-corrected chi connectivity index (χ4v) is 2.30. The zero-order chi connectivity index (χ0) is 15.9. The summed E-state index contributed by atoms with van der Waals surface area (Å²) in [6, 6.07) is 4.03. The Morgan fingerprint density at radius 2 is 2.05 bits per heavy atom. The quantitative estimate of drug-likeness (QED) is 0.451. The van der Waals surface area contributed by atoms with E-state index in [9.17, 15) is 13.2 Å². The maximum absolute atomic E-state index is 11.9. The third-order valence-electron chi connectivity index (χ3n) is 2.61. The summed E-state index contributed by atoms with van der Waals surface area (Å²) in [5.74, 6) is -0.394. The van der Waals surface area contributed by atoms with Gasteiger partial charge in [0.15, 0.2) is 9.84 Å². The number of aliphatic hydroxyl groups excluding tert-OH is 1. The first kappa shape index (κ1) is 17.4. The van der Waals surface area contributed by atoms with E-state index in [-0.39, 0.29) is 29.4 Å². The number of nitrogen functional groups attached to an aromatic ring is 1. The number of ether oxygens (including phenoxy) is 1. The largest absolute Gasteiger partial charge is 0.399 e. The van der Waals surface area contributed by atoms with Gasteiger partial charge in [-0.2, -0.15) is 0 Å². The van der Waals surface area contributed by atoms with E-state index in [2.05, 4.69) is 5.32 Å². The van der Waals surface area contributed by atoms with Crippen LogP contribution in [0.5, 0.6) is 0 Å². The number of anilines is 1. The van der Waals surface area contributed by atoms with Gasteiger partial charge >= 0.3 is 0 Å². The third kappa shape index (κ3) is 6.11. The Balaban J connectivity index is 2.60. The maximum Gasteiger partial charge on any atom is 0.251 e. The van der Waals surface area contributed by atoms with Crippen molar-refractivity contribution in [3.63, 3.8) is 0 Å². The van der Waals surface area contributed by atoms with Crippen molar-refractivity contribution in [1.29, 1.82) is 0 Å². The van der Waals surface area contributed by atoms with Gasteiger partial charge in [0, 0.05) is 30.7 Å². The van der Waals surface area contributed by atoms with Crippen molar-refractivity contribution in [2.45, 2.75) is 11.3 Å². The van der Waals surface area contributed by atoms with Crippen molar-refractivity contribution in [2.75, 3.05) is 38.4 Å². The van der Waals surface area contributed by atoms with E-state index in [0.717, 1.165) is 6.26 Å². The minimum atomic E-state index is -3.42. The van der Waals surface area contributed by atoms with Crippen molar-refractivity contribution >= 4 is 21.4 Å². The normalized spacial score (nSPS) is 11.3. The highest BCUT2D eigenvalue weighted by Crippen LogP contribution is 2.16. The number of nitrogens with two attached hydrogens (primary N) is 1. The lowest BCUT2D eigenvalue weighted by Crippen LogP contribution is -2.25. The SMILES string of the molecule is CS(=O)(=O)c1cc(N)cc(C(=O)NCCCOCCO)c1. The topological polar surface area (TPSA) is 119 Å². The first-order valence-electron chi connectivity index (χ1n) is 6.42. The molecular formula is C13H20N2O5S. The minimum absolute atomic E-state index is 0.0129. The molecule has 21 heavy (non-hydrogen) atoms. The van der Waals surface area contributed by atoms with Crippen LogP contribution in [-0.4, -0.2) is 52.1 Å². The van der Waals surface area contributed by atoms with Crippen LogP contribution in [-0.2, 0) is 14.6 Å². The molecule has 7 nitrogen and oxygen atoms in total. The lowest BCUT2D eigenvalue weighted by molar-refractivity contribution is 0.0867. The molecule has 0 bridgehead atoms. The molecule has 1 rings (SSSR count).